The van der Waals surface area contributed by atoms with Crippen molar-refractivity contribution in [3.8, 4) is 0 Å². The molecule has 1 aliphatic rings. The Morgan fingerprint density at radius 2 is 2.06 bits per heavy atom. The summed E-state index contributed by atoms with van der Waals surface area (Å²) in [6, 6.07) is 0. The molecular formula is C12H19N3OS. The number of hydrogen-bond acceptors (Lipinski definition) is 4. The van der Waals surface area contributed by atoms with Gasteiger partial charge in [-0.05, 0) is 25.3 Å². The van der Waals surface area contributed by atoms with Crippen LogP contribution in [0.1, 0.15) is 18.4 Å². The zero-order valence-electron chi connectivity index (χ0n) is 10.3. The van der Waals surface area contributed by atoms with Crippen LogP contribution in [0.25, 0.3) is 0 Å². The summed E-state index contributed by atoms with van der Waals surface area (Å²) < 4.78 is 11.4. The standard InChI is InChI=1S/C12H19N3OS/c1-9-7-14-8-11(13)12(9)15-5-3-10(4-6-15)17(2)16/h7-8,10H,3-6,13H2,1-2H3. The first-order valence-electron chi connectivity index (χ1n) is 5.87. The highest BCUT2D eigenvalue weighted by Crippen LogP contribution is 2.29. The average Bonchev–Trinajstić information content (AvgIpc) is 2.29. The first kappa shape index (κ1) is 12.4. The monoisotopic (exact) mass is 253 g/mol. The van der Waals surface area contributed by atoms with Crippen molar-refractivity contribution in [3.63, 3.8) is 0 Å². The lowest BCUT2D eigenvalue weighted by Gasteiger charge is -2.34. The van der Waals surface area contributed by atoms with Crippen molar-refractivity contribution in [2.24, 2.45) is 0 Å². The Hall–Kier alpha value is -1.10. The van der Waals surface area contributed by atoms with E-state index in [1.165, 1.54) is 0 Å². The average molecular weight is 253 g/mol. The number of nitrogens with zero attached hydrogens (tertiary/aromatic N) is 2. The number of pyridine rings is 1. The van der Waals surface area contributed by atoms with Crippen molar-refractivity contribution >= 4 is 22.2 Å². The third kappa shape index (κ3) is 2.60. The van der Waals surface area contributed by atoms with E-state index in [0.29, 0.717) is 5.25 Å². The summed E-state index contributed by atoms with van der Waals surface area (Å²) in [7, 11) is -0.704. The van der Waals surface area contributed by atoms with Crippen molar-refractivity contribution in [1.29, 1.82) is 0 Å². The summed E-state index contributed by atoms with van der Waals surface area (Å²) >= 11 is 0. The van der Waals surface area contributed by atoms with Gasteiger partial charge in [-0.15, -0.1) is 0 Å². The summed E-state index contributed by atoms with van der Waals surface area (Å²) in [6.45, 7) is 3.89. The number of piperidine rings is 1. The highest BCUT2D eigenvalue weighted by atomic mass is 32.2. The zero-order chi connectivity index (χ0) is 12.4. The maximum atomic E-state index is 11.4. The molecule has 4 nitrogen and oxygen atoms in total. The quantitative estimate of drug-likeness (QED) is 0.863. The fourth-order valence-corrected chi connectivity index (χ4v) is 3.30. The molecule has 0 aromatic carbocycles. The van der Waals surface area contributed by atoms with E-state index in [1.54, 1.807) is 12.5 Å². The molecule has 0 spiro atoms. The van der Waals surface area contributed by atoms with Crippen LogP contribution in [0.15, 0.2) is 12.4 Å². The van der Waals surface area contributed by atoms with E-state index >= 15 is 0 Å². The SMILES string of the molecule is Cc1cncc(N)c1N1CCC(S(C)=O)CC1. The molecule has 0 amide bonds. The number of nitrogen functional groups attached to an aromatic ring is 1. The predicted octanol–water partition coefficient (Wildman–Crippen LogP) is 1.32. The van der Waals surface area contributed by atoms with Crippen molar-refractivity contribution in [2.75, 3.05) is 30.0 Å². The Morgan fingerprint density at radius 3 is 2.59 bits per heavy atom. The molecule has 1 fully saturated rings. The summed E-state index contributed by atoms with van der Waals surface area (Å²) in [5.41, 5.74) is 8.93. The molecular weight excluding hydrogens is 234 g/mol. The molecule has 2 heterocycles. The van der Waals surface area contributed by atoms with Crippen LogP contribution in [0.4, 0.5) is 11.4 Å². The molecule has 5 heteroatoms. The Balaban J connectivity index is 2.13. The fourth-order valence-electron chi connectivity index (χ4n) is 2.42. The Kier molecular flexibility index (Phi) is 3.66. The maximum Gasteiger partial charge on any atom is 0.0741 e. The summed E-state index contributed by atoms with van der Waals surface area (Å²) in [5.74, 6) is 0. The molecule has 1 aliphatic heterocycles. The summed E-state index contributed by atoms with van der Waals surface area (Å²) in [6.07, 6.45) is 7.29. The highest BCUT2D eigenvalue weighted by Gasteiger charge is 2.23. The number of nitrogens with two attached hydrogens (primary N) is 1. The molecule has 0 radical (unpaired) electrons. The maximum absolute atomic E-state index is 11.4. The highest BCUT2D eigenvalue weighted by molar-refractivity contribution is 7.84. The van der Waals surface area contributed by atoms with Gasteiger partial charge in [-0.1, -0.05) is 0 Å². The minimum atomic E-state index is -0.704. The number of anilines is 2. The van der Waals surface area contributed by atoms with E-state index in [1.807, 2.05) is 13.1 Å². The van der Waals surface area contributed by atoms with Crippen LogP contribution in [0, 0.1) is 6.92 Å². The molecule has 0 bridgehead atoms. The molecule has 17 heavy (non-hydrogen) atoms. The van der Waals surface area contributed by atoms with Gasteiger partial charge in [-0.25, -0.2) is 0 Å². The molecule has 2 rings (SSSR count). The van der Waals surface area contributed by atoms with Crippen molar-refractivity contribution < 1.29 is 4.21 Å². The van der Waals surface area contributed by atoms with Crippen molar-refractivity contribution in [1.82, 2.24) is 4.98 Å². The Morgan fingerprint density at radius 1 is 1.41 bits per heavy atom. The van der Waals surface area contributed by atoms with Crippen molar-refractivity contribution in [2.45, 2.75) is 25.0 Å². The molecule has 0 aliphatic carbocycles. The normalized spacial score (nSPS) is 19.3. The first-order chi connectivity index (χ1) is 8.09. The van der Waals surface area contributed by atoms with Crippen LogP contribution >= 0.6 is 0 Å². The van der Waals surface area contributed by atoms with Gasteiger partial charge in [0.1, 0.15) is 0 Å². The second-order valence-electron chi connectivity index (χ2n) is 4.58. The zero-order valence-corrected chi connectivity index (χ0v) is 11.2. The molecule has 1 aromatic rings. The van der Waals surface area contributed by atoms with E-state index in [4.69, 9.17) is 5.73 Å². The van der Waals surface area contributed by atoms with Gasteiger partial charge >= 0.3 is 0 Å². The number of rotatable bonds is 2. The van der Waals surface area contributed by atoms with Gasteiger partial charge in [0, 0.05) is 41.6 Å². The lowest BCUT2D eigenvalue weighted by atomic mass is 10.1. The first-order valence-corrected chi connectivity index (χ1v) is 7.49. The van der Waals surface area contributed by atoms with E-state index in [2.05, 4.69) is 9.88 Å². The van der Waals surface area contributed by atoms with E-state index in [9.17, 15) is 4.21 Å². The van der Waals surface area contributed by atoms with Crippen LogP contribution in [-0.4, -0.2) is 33.8 Å². The summed E-state index contributed by atoms with van der Waals surface area (Å²) in [5, 5.41) is 0.342. The van der Waals surface area contributed by atoms with Crippen LogP contribution in [0.5, 0.6) is 0 Å². The molecule has 1 aromatic heterocycles. The predicted molar refractivity (Wildman–Crippen MR) is 72.7 cm³/mol. The van der Waals surface area contributed by atoms with Gasteiger partial charge in [0.05, 0.1) is 17.6 Å². The number of aromatic nitrogens is 1. The fraction of sp³-hybridized carbons (Fsp3) is 0.583. The Bertz CT molecular complexity index is 408. The minimum Gasteiger partial charge on any atom is -0.396 e. The molecule has 1 unspecified atom stereocenters. The lowest BCUT2D eigenvalue weighted by molar-refractivity contribution is 0.572. The largest absolute Gasteiger partial charge is 0.396 e. The van der Waals surface area contributed by atoms with Gasteiger partial charge in [-0.3, -0.25) is 9.19 Å². The van der Waals surface area contributed by atoms with Crippen molar-refractivity contribution in [3.05, 3.63) is 18.0 Å². The summed E-state index contributed by atoms with van der Waals surface area (Å²) in [4.78, 5) is 6.37. The molecule has 94 valence electrons. The van der Waals surface area contributed by atoms with Gasteiger partial charge in [0.2, 0.25) is 0 Å². The molecule has 1 atom stereocenters. The topological polar surface area (TPSA) is 59.2 Å². The van der Waals surface area contributed by atoms with Gasteiger partial charge in [-0.2, -0.15) is 0 Å². The number of aryl methyl sites for hydroxylation is 1. The van der Waals surface area contributed by atoms with Crippen LogP contribution in [0.2, 0.25) is 0 Å². The van der Waals surface area contributed by atoms with E-state index in [-0.39, 0.29) is 0 Å². The van der Waals surface area contributed by atoms with Gasteiger partial charge in [0.15, 0.2) is 0 Å². The smallest absolute Gasteiger partial charge is 0.0741 e. The molecule has 0 saturated carbocycles. The second-order valence-corrected chi connectivity index (χ2v) is 6.24. The third-order valence-electron chi connectivity index (χ3n) is 3.36. The van der Waals surface area contributed by atoms with Crippen LogP contribution in [-0.2, 0) is 10.8 Å². The lowest BCUT2D eigenvalue weighted by Crippen LogP contribution is -2.38. The van der Waals surface area contributed by atoms with Crippen LogP contribution in [0.3, 0.4) is 0 Å². The minimum absolute atomic E-state index is 0.342. The van der Waals surface area contributed by atoms with Gasteiger partial charge < -0.3 is 10.6 Å². The Labute approximate surface area is 105 Å². The molecule has 2 N–H and O–H groups in total. The van der Waals surface area contributed by atoms with Gasteiger partial charge in [0.25, 0.3) is 0 Å². The molecule has 1 saturated heterocycles. The van der Waals surface area contributed by atoms with E-state index in [0.717, 1.165) is 42.9 Å². The van der Waals surface area contributed by atoms with Crippen LogP contribution < -0.4 is 10.6 Å². The second kappa shape index (κ2) is 5.04. The van der Waals surface area contributed by atoms with E-state index < -0.39 is 10.8 Å². The number of hydrogen-bond donors (Lipinski definition) is 1. The third-order valence-corrected chi connectivity index (χ3v) is 4.77.